The maximum atomic E-state index is 9.55. The first-order valence-corrected chi connectivity index (χ1v) is 12.1. The molecular weight excluding hydrogens is 390 g/mol. The minimum Gasteiger partial charge on any atom is -0.396 e. The van der Waals surface area contributed by atoms with Gasteiger partial charge in [0.25, 0.3) is 0 Å². The molecule has 0 radical (unpaired) electrons. The van der Waals surface area contributed by atoms with Gasteiger partial charge in [-0.3, -0.25) is 0 Å². The largest absolute Gasteiger partial charge is 0.396 e. The number of rotatable bonds is 10. The van der Waals surface area contributed by atoms with Crippen LogP contribution in [0.3, 0.4) is 0 Å². The van der Waals surface area contributed by atoms with Crippen LogP contribution in [0.4, 0.5) is 0 Å². The fraction of sp³-hybridized carbons (Fsp3) is 0.720. The van der Waals surface area contributed by atoms with Gasteiger partial charge >= 0.3 is 0 Å². The summed E-state index contributed by atoms with van der Waals surface area (Å²) in [5.74, 6) is 0.859. The highest BCUT2D eigenvalue weighted by Gasteiger charge is 2.31. The Bertz CT molecular complexity index is 645. The van der Waals surface area contributed by atoms with Crippen molar-refractivity contribution >= 4 is 5.96 Å². The third kappa shape index (κ3) is 8.09. The highest BCUT2D eigenvalue weighted by atomic mass is 16.5. The van der Waals surface area contributed by atoms with Gasteiger partial charge in [0.05, 0.1) is 19.3 Å². The topological polar surface area (TPSA) is 75.1 Å². The molecule has 1 aromatic carbocycles. The standard InChI is InChI=1S/C25H41N3O3/c1-2-26-24(28-20-25(14-15-29)12-4-3-5-13-25)27-18-21-6-8-22(9-7-21)19-31-23-10-16-30-17-11-23/h6-9,23,29H,2-5,10-20H2,1H3,(H2,26,27,28). The Balaban J connectivity index is 1.49. The van der Waals surface area contributed by atoms with Gasteiger partial charge in [0.1, 0.15) is 0 Å². The molecule has 1 aliphatic heterocycles. The van der Waals surface area contributed by atoms with Gasteiger partial charge in [-0.1, -0.05) is 43.5 Å². The van der Waals surface area contributed by atoms with Gasteiger partial charge < -0.3 is 25.2 Å². The molecule has 1 saturated carbocycles. The Labute approximate surface area is 187 Å². The van der Waals surface area contributed by atoms with Gasteiger partial charge in [-0.2, -0.15) is 0 Å². The van der Waals surface area contributed by atoms with Crippen LogP contribution in [-0.2, 0) is 22.6 Å². The molecule has 1 saturated heterocycles. The Kier molecular flexibility index (Phi) is 10.1. The number of hydrogen-bond donors (Lipinski definition) is 3. The van der Waals surface area contributed by atoms with E-state index in [9.17, 15) is 5.11 Å². The molecule has 31 heavy (non-hydrogen) atoms. The van der Waals surface area contributed by atoms with Crippen molar-refractivity contribution in [3.8, 4) is 0 Å². The zero-order valence-electron chi connectivity index (χ0n) is 19.2. The molecule has 0 unspecified atom stereocenters. The minimum atomic E-state index is 0.204. The van der Waals surface area contributed by atoms with Gasteiger partial charge in [0.15, 0.2) is 5.96 Å². The van der Waals surface area contributed by atoms with Gasteiger partial charge in [-0.25, -0.2) is 4.99 Å². The molecular formula is C25H41N3O3. The second-order valence-corrected chi connectivity index (χ2v) is 9.02. The van der Waals surface area contributed by atoms with Gasteiger partial charge in [-0.15, -0.1) is 0 Å². The van der Waals surface area contributed by atoms with Crippen LogP contribution in [0.15, 0.2) is 29.3 Å². The van der Waals surface area contributed by atoms with Crippen molar-refractivity contribution in [1.29, 1.82) is 0 Å². The Morgan fingerprint density at radius 1 is 1.10 bits per heavy atom. The fourth-order valence-corrected chi connectivity index (χ4v) is 4.64. The Hall–Kier alpha value is -1.63. The van der Waals surface area contributed by atoms with Crippen LogP contribution in [-0.4, -0.2) is 50.1 Å². The Morgan fingerprint density at radius 2 is 1.81 bits per heavy atom. The van der Waals surface area contributed by atoms with Gasteiger partial charge in [-0.05, 0) is 55.6 Å². The molecule has 1 heterocycles. The molecule has 3 rings (SSSR count). The monoisotopic (exact) mass is 431 g/mol. The summed E-state index contributed by atoms with van der Waals surface area (Å²) in [6.07, 6.45) is 9.41. The third-order valence-electron chi connectivity index (χ3n) is 6.63. The van der Waals surface area contributed by atoms with Crippen molar-refractivity contribution in [3.05, 3.63) is 35.4 Å². The number of aliphatic hydroxyl groups excluding tert-OH is 1. The van der Waals surface area contributed by atoms with Crippen LogP contribution in [0, 0.1) is 5.41 Å². The first kappa shape index (κ1) is 24.0. The summed E-state index contributed by atoms with van der Waals surface area (Å²) in [7, 11) is 0. The van der Waals surface area contributed by atoms with Crippen LogP contribution in [0.25, 0.3) is 0 Å². The molecule has 0 atom stereocenters. The summed E-state index contributed by atoms with van der Waals surface area (Å²) in [4.78, 5) is 4.80. The SMILES string of the molecule is CCNC(=NCc1ccc(COC2CCOCC2)cc1)NCC1(CCO)CCCCC1. The maximum absolute atomic E-state index is 9.55. The molecule has 0 amide bonds. The van der Waals surface area contributed by atoms with Crippen molar-refractivity contribution < 1.29 is 14.6 Å². The molecule has 6 nitrogen and oxygen atoms in total. The van der Waals surface area contributed by atoms with Crippen LogP contribution < -0.4 is 10.6 Å². The van der Waals surface area contributed by atoms with Crippen LogP contribution >= 0.6 is 0 Å². The molecule has 2 fully saturated rings. The summed E-state index contributed by atoms with van der Waals surface area (Å²) >= 11 is 0. The van der Waals surface area contributed by atoms with E-state index >= 15 is 0 Å². The quantitative estimate of drug-likeness (QED) is 0.388. The van der Waals surface area contributed by atoms with E-state index in [1.54, 1.807) is 0 Å². The van der Waals surface area contributed by atoms with E-state index in [2.05, 4.69) is 41.8 Å². The van der Waals surface area contributed by atoms with E-state index in [0.717, 1.165) is 51.5 Å². The van der Waals surface area contributed by atoms with E-state index in [1.165, 1.54) is 43.2 Å². The third-order valence-corrected chi connectivity index (χ3v) is 6.63. The smallest absolute Gasteiger partial charge is 0.191 e. The molecule has 174 valence electrons. The van der Waals surface area contributed by atoms with Crippen LogP contribution in [0.5, 0.6) is 0 Å². The summed E-state index contributed by atoms with van der Waals surface area (Å²) in [6.45, 7) is 6.99. The summed E-state index contributed by atoms with van der Waals surface area (Å²) in [5, 5.41) is 16.5. The van der Waals surface area contributed by atoms with E-state index in [0.29, 0.717) is 19.3 Å². The van der Waals surface area contributed by atoms with Gasteiger partial charge in [0.2, 0.25) is 0 Å². The number of hydrogen-bond acceptors (Lipinski definition) is 4. The molecule has 1 aliphatic carbocycles. The second kappa shape index (κ2) is 13.0. The van der Waals surface area contributed by atoms with E-state index < -0.39 is 0 Å². The number of guanidine groups is 1. The number of aliphatic imine (C=N–C) groups is 1. The predicted molar refractivity (Wildman–Crippen MR) is 125 cm³/mol. The minimum absolute atomic E-state index is 0.204. The first-order valence-electron chi connectivity index (χ1n) is 12.1. The number of nitrogens with zero attached hydrogens (tertiary/aromatic N) is 1. The molecule has 0 aromatic heterocycles. The van der Waals surface area contributed by atoms with Crippen molar-refractivity contribution in [2.45, 2.75) is 77.5 Å². The molecule has 6 heteroatoms. The lowest BCUT2D eigenvalue weighted by Crippen LogP contribution is -2.44. The predicted octanol–water partition coefficient (Wildman–Crippen LogP) is 3.77. The number of ether oxygens (including phenoxy) is 2. The lowest BCUT2D eigenvalue weighted by molar-refractivity contribution is -0.0390. The van der Waals surface area contributed by atoms with Crippen molar-refractivity contribution in [2.24, 2.45) is 10.4 Å². The lowest BCUT2D eigenvalue weighted by atomic mass is 9.72. The highest BCUT2D eigenvalue weighted by Crippen LogP contribution is 2.38. The van der Waals surface area contributed by atoms with E-state index in [-0.39, 0.29) is 12.0 Å². The molecule has 3 N–H and O–H groups in total. The zero-order valence-corrected chi connectivity index (χ0v) is 19.2. The van der Waals surface area contributed by atoms with E-state index in [4.69, 9.17) is 14.5 Å². The highest BCUT2D eigenvalue weighted by molar-refractivity contribution is 5.79. The first-order chi connectivity index (χ1) is 15.2. The summed E-state index contributed by atoms with van der Waals surface area (Å²) < 4.78 is 11.4. The normalized spacial score (nSPS) is 19.9. The van der Waals surface area contributed by atoms with Crippen LogP contribution in [0.2, 0.25) is 0 Å². The molecule has 0 bridgehead atoms. The van der Waals surface area contributed by atoms with E-state index in [1.807, 2.05) is 0 Å². The van der Waals surface area contributed by atoms with Crippen molar-refractivity contribution in [1.82, 2.24) is 10.6 Å². The second-order valence-electron chi connectivity index (χ2n) is 9.02. The fourth-order valence-electron chi connectivity index (χ4n) is 4.64. The van der Waals surface area contributed by atoms with Gasteiger partial charge in [0, 0.05) is 32.9 Å². The number of aliphatic hydroxyl groups is 1. The summed E-state index contributed by atoms with van der Waals surface area (Å²) in [6, 6.07) is 8.57. The molecule has 1 aromatic rings. The average Bonchev–Trinajstić information content (AvgIpc) is 2.82. The molecule has 2 aliphatic rings. The van der Waals surface area contributed by atoms with Crippen molar-refractivity contribution in [2.75, 3.05) is 32.9 Å². The molecule has 0 spiro atoms. The number of nitrogens with one attached hydrogen (secondary N) is 2. The van der Waals surface area contributed by atoms with Crippen molar-refractivity contribution in [3.63, 3.8) is 0 Å². The summed E-state index contributed by atoms with van der Waals surface area (Å²) in [5.41, 5.74) is 2.59. The average molecular weight is 432 g/mol. The zero-order chi connectivity index (χ0) is 21.8. The number of benzene rings is 1. The maximum Gasteiger partial charge on any atom is 0.191 e. The lowest BCUT2D eigenvalue weighted by Gasteiger charge is -2.37. The van der Waals surface area contributed by atoms with Crippen LogP contribution in [0.1, 0.15) is 69.4 Å². The Morgan fingerprint density at radius 3 is 2.48 bits per heavy atom.